The number of amides is 2. The summed E-state index contributed by atoms with van der Waals surface area (Å²) in [6.07, 6.45) is 8.92. The number of hydrogen-bond donors (Lipinski definition) is 0. The summed E-state index contributed by atoms with van der Waals surface area (Å²) in [5, 5.41) is 0. The highest BCUT2D eigenvalue weighted by molar-refractivity contribution is 5.96. The number of carbonyl (C=O) groups is 2. The molecule has 2 fully saturated rings. The number of hydrogen-bond acceptors (Lipinski definition) is 4. The van der Waals surface area contributed by atoms with Crippen LogP contribution in [0.5, 0.6) is 0 Å². The number of fused-ring (bicyclic) bond motifs is 1. The van der Waals surface area contributed by atoms with E-state index in [-0.39, 0.29) is 17.2 Å². The Labute approximate surface area is 194 Å². The van der Waals surface area contributed by atoms with Gasteiger partial charge in [0.25, 0.3) is 5.91 Å². The fraction of sp³-hybridized carbons (Fsp3) is 0.462. The molecule has 2 amide bonds. The second kappa shape index (κ2) is 8.96. The molecule has 3 aromatic rings. The smallest absolute Gasteiger partial charge is 0.255 e. The average Bonchev–Trinajstić information content (AvgIpc) is 3.21. The number of aromatic nitrogens is 3. The van der Waals surface area contributed by atoms with E-state index in [2.05, 4.69) is 22.1 Å². The van der Waals surface area contributed by atoms with Crippen LogP contribution in [0.15, 0.2) is 48.9 Å². The summed E-state index contributed by atoms with van der Waals surface area (Å²) in [6, 6.07) is 12.2. The van der Waals surface area contributed by atoms with Gasteiger partial charge in [-0.15, -0.1) is 0 Å². The van der Waals surface area contributed by atoms with Crippen molar-refractivity contribution in [2.45, 2.75) is 45.1 Å². The fourth-order valence-corrected chi connectivity index (χ4v) is 5.21. The zero-order valence-corrected chi connectivity index (χ0v) is 19.2. The summed E-state index contributed by atoms with van der Waals surface area (Å²) in [5.41, 5.74) is 3.64. The van der Waals surface area contributed by atoms with Crippen LogP contribution in [-0.2, 0) is 17.8 Å². The third-order valence-corrected chi connectivity index (χ3v) is 7.57. The van der Waals surface area contributed by atoms with Crippen LogP contribution in [0.3, 0.4) is 0 Å². The molecular formula is C26H31N5O2. The highest BCUT2D eigenvalue weighted by Crippen LogP contribution is 2.41. The summed E-state index contributed by atoms with van der Waals surface area (Å²) in [4.78, 5) is 38.2. The molecule has 7 nitrogen and oxygen atoms in total. The van der Waals surface area contributed by atoms with Crippen LogP contribution in [0.4, 0.5) is 0 Å². The molecule has 0 aliphatic carbocycles. The van der Waals surface area contributed by atoms with Crippen molar-refractivity contribution in [3.8, 4) is 0 Å². The van der Waals surface area contributed by atoms with Gasteiger partial charge in [0.2, 0.25) is 5.91 Å². The molecule has 2 aromatic heterocycles. The van der Waals surface area contributed by atoms with Gasteiger partial charge in [0, 0.05) is 45.8 Å². The molecule has 4 heterocycles. The van der Waals surface area contributed by atoms with Gasteiger partial charge >= 0.3 is 0 Å². The van der Waals surface area contributed by atoms with Crippen LogP contribution in [-0.4, -0.2) is 62.8 Å². The third-order valence-electron chi connectivity index (χ3n) is 7.57. The minimum atomic E-state index is 0.0277. The standard InChI is InChI=1S/C26H31N5O2/c1-29-14-10-26(9-7-23(29)32)11-15-30(16-12-26)25(33)21-17-22-24(27-18-21)31(19-28-22)13-8-20-5-3-2-4-6-20/h2-6,17-19H,7-16H2,1H3. The molecule has 2 saturated heterocycles. The summed E-state index contributed by atoms with van der Waals surface area (Å²) >= 11 is 0. The Hall–Kier alpha value is -3.22. The van der Waals surface area contributed by atoms with Gasteiger partial charge in [-0.3, -0.25) is 9.59 Å². The van der Waals surface area contributed by atoms with Crippen molar-refractivity contribution in [2.24, 2.45) is 5.41 Å². The lowest BCUT2D eigenvalue weighted by Gasteiger charge is -2.41. The zero-order valence-electron chi connectivity index (χ0n) is 19.2. The molecule has 0 saturated carbocycles. The number of carbonyl (C=O) groups excluding carboxylic acids is 2. The summed E-state index contributed by atoms with van der Waals surface area (Å²) in [7, 11) is 1.89. The van der Waals surface area contributed by atoms with Crippen LogP contribution in [0.1, 0.15) is 48.0 Å². The van der Waals surface area contributed by atoms with E-state index < -0.39 is 0 Å². The van der Waals surface area contributed by atoms with Crippen molar-refractivity contribution in [1.82, 2.24) is 24.3 Å². The molecule has 7 heteroatoms. The number of aryl methyl sites for hydroxylation is 2. The van der Waals surface area contributed by atoms with Crippen molar-refractivity contribution >= 4 is 23.0 Å². The lowest BCUT2D eigenvalue weighted by Crippen LogP contribution is -2.43. The van der Waals surface area contributed by atoms with Crippen molar-refractivity contribution in [2.75, 3.05) is 26.7 Å². The van der Waals surface area contributed by atoms with E-state index in [9.17, 15) is 9.59 Å². The van der Waals surface area contributed by atoms with E-state index in [1.165, 1.54) is 5.56 Å². The number of likely N-dealkylation sites (tertiary alicyclic amines) is 2. The van der Waals surface area contributed by atoms with Gasteiger partial charge in [-0.1, -0.05) is 30.3 Å². The molecule has 172 valence electrons. The minimum Gasteiger partial charge on any atom is -0.346 e. The lowest BCUT2D eigenvalue weighted by molar-refractivity contribution is -0.129. The van der Waals surface area contributed by atoms with Crippen LogP contribution < -0.4 is 0 Å². The van der Waals surface area contributed by atoms with Gasteiger partial charge in [-0.05, 0) is 49.1 Å². The monoisotopic (exact) mass is 445 g/mol. The van der Waals surface area contributed by atoms with Gasteiger partial charge in [0.1, 0.15) is 5.52 Å². The molecular weight excluding hydrogens is 414 g/mol. The second-order valence-electron chi connectivity index (χ2n) is 9.60. The van der Waals surface area contributed by atoms with E-state index in [4.69, 9.17) is 0 Å². The van der Waals surface area contributed by atoms with Gasteiger partial charge in [-0.25, -0.2) is 9.97 Å². The lowest BCUT2D eigenvalue weighted by atomic mass is 9.73. The van der Waals surface area contributed by atoms with Gasteiger partial charge < -0.3 is 14.4 Å². The van der Waals surface area contributed by atoms with Gasteiger partial charge in [0.15, 0.2) is 5.65 Å². The molecule has 2 aliphatic heterocycles. The molecule has 0 bridgehead atoms. The molecule has 2 aliphatic rings. The molecule has 1 spiro atoms. The predicted octanol–water partition coefficient (Wildman–Crippen LogP) is 3.54. The Morgan fingerprint density at radius 3 is 2.58 bits per heavy atom. The zero-order chi connectivity index (χ0) is 22.8. The van der Waals surface area contributed by atoms with Crippen molar-refractivity contribution in [3.05, 3.63) is 60.0 Å². The van der Waals surface area contributed by atoms with Crippen molar-refractivity contribution < 1.29 is 9.59 Å². The highest BCUT2D eigenvalue weighted by Gasteiger charge is 2.38. The Morgan fingerprint density at radius 2 is 1.79 bits per heavy atom. The first-order valence-corrected chi connectivity index (χ1v) is 11.9. The highest BCUT2D eigenvalue weighted by atomic mass is 16.2. The maximum absolute atomic E-state index is 13.2. The van der Waals surface area contributed by atoms with Crippen LogP contribution in [0, 0.1) is 5.41 Å². The molecule has 0 N–H and O–H groups in total. The molecule has 0 unspecified atom stereocenters. The first-order valence-electron chi connectivity index (χ1n) is 11.9. The van der Waals surface area contributed by atoms with Crippen molar-refractivity contribution in [3.63, 3.8) is 0 Å². The number of pyridine rings is 1. The summed E-state index contributed by atoms with van der Waals surface area (Å²) < 4.78 is 2.05. The number of nitrogens with zero attached hydrogens (tertiary/aromatic N) is 5. The van der Waals surface area contributed by atoms with Crippen LogP contribution >= 0.6 is 0 Å². The fourth-order valence-electron chi connectivity index (χ4n) is 5.21. The Balaban J connectivity index is 1.23. The second-order valence-corrected chi connectivity index (χ2v) is 9.60. The summed E-state index contributed by atoms with van der Waals surface area (Å²) in [6.45, 7) is 3.09. The molecule has 0 atom stereocenters. The Kier molecular flexibility index (Phi) is 5.87. The van der Waals surface area contributed by atoms with E-state index in [0.717, 1.165) is 69.4 Å². The normalized spacial score (nSPS) is 18.6. The average molecular weight is 446 g/mol. The number of imidazole rings is 1. The quantitative estimate of drug-likeness (QED) is 0.616. The Bertz CT molecular complexity index is 1150. The van der Waals surface area contributed by atoms with E-state index in [0.29, 0.717) is 12.0 Å². The predicted molar refractivity (Wildman–Crippen MR) is 127 cm³/mol. The molecule has 33 heavy (non-hydrogen) atoms. The maximum Gasteiger partial charge on any atom is 0.255 e. The topological polar surface area (TPSA) is 71.3 Å². The van der Waals surface area contributed by atoms with E-state index >= 15 is 0 Å². The van der Waals surface area contributed by atoms with Crippen LogP contribution in [0.2, 0.25) is 0 Å². The van der Waals surface area contributed by atoms with Gasteiger partial charge in [-0.2, -0.15) is 0 Å². The summed E-state index contributed by atoms with van der Waals surface area (Å²) in [5.74, 6) is 0.271. The van der Waals surface area contributed by atoms with Gasteiger partial charge in [0.05, 0.1) is 11.9 Å². The first kappa shape index (κ1) is 21.6. The SMILES string of the molecule is CN1CCC2(CCC1=O)CCN(C(=O)c1cnc3c(c1)ncn3CCc1ccccc1)CC2. The van der Waals surface area contributed by atoms with Crippen LogP contribution in [0.25, 0.3) is 11.2 Å². The first-order chi connectivity index (χ1) is 16.0. The molecule has 1 aromatic carbocycles. The maximum atomic E-state index is 13.2. The molecule has 0 radical (unpaired) electrons. The largest absolute Gasteiger partial charge is 0.346 e. The number of rotatable bonds is 4. The minimum absolute atomic E-state index is 0.0277. The number of piperidine rings is 1. The molecule has 5 rings (SSSR count). The number of benzene rings is 1. The van der Waals surface area contributed by atoms with Crippen molar-refractivity contribution in [1.29, 1.82) is 0 Å². The van der Waals surface area contributed by atoms with E-state index in [1.807, 2.05) is 52.0 Å². The van der Waals surface area contributed by atoms with E-state index in [1.54, 1.807) is 6.20 Å². The Morgan fingerprint density at radius 1 is 1.03 bits per heavy atom. The third kappa shape index (κ3) is 4.49.